The van der Waals surface area contributed by atoms with E-state index in [1.54, 1.807) is 18.2 Å². The van der Waals surface area contributed by atoms with Gasteiger partial charge in [0.25, 0.3) is 5.91 Å². The van der Waals surface area contributed by atoms with Crippen molar-refractivity contribution in [3.05, 3.63) is 29.8 Å². The van der Waals surface area contributed by atoms with Gasteiger partial charge >= 0.3 is 5.97 Å². The van der Waals surface area contributed by atoms with Gasteiger partial charge in [0, 0.05) is 12.2 Å². The first-order valence-electron chi connectivity index (χ1n) is 5.93. The highest BCUT2D eigenvalue weighted by molar-refractivity contribution is 5.96. The fraction of sp³-hybridized carbons (Fsp3) is 0.385. The van der Waals surface area contributed by atoms with Crippen LogP contribution in [0.3, 0.4) is 0 Å². The number of hydrogen-bond donors (Lipinski definition) is 2. The fourth-order valence-electron chi connectivity index (χ4n) is 1.43. The minimum absolute atomic E-state index is 0.401. The number of primary amides is 1. The summed E-state index contributed by atoms with van der Waals surface area (Å²) in [4.78, 5) is 22.3. The zero-order chi connectivity index (χ0) is 13.4. The first kappa shape index (κ1) is 14.0. The average Bonchev–Trinajstić information content (AvgIpc) is 2.37. The molecule has 0 aromatic heterocycles. The Morgan fingerprint density at radius 1 is 1.33 bits per heavy atom. The van der Waals surface area contributed by atoms with Gasteiger partial charge in [-0.15, -0.1) is 0 Å². The lowest BCUT2D eigenvalue weighted by Gasteiger charge is -2.10. The molecule has 1 aromatic rings. The fourth-order valence-corrected chi connectivity index (χ4v) is 1.43. The maximum Gasteiger partial charge on any atom is 0.340 e. The van der Waals surface area contributed by atoms with Crippen molar-refractivity contribution in [2.45, 2.75) is 19.8 Å². The lowest BCUT2D eigenvalue weighted by Crippen LogP contribution is -2.21. The predicted octanol–water partition coefficient (Wildman–Crippen LogP) is 1.54. The number of esters is 1. The highest BCUT2D eigenvalue weighted by atomic mass is 16.5. The van der Waals surface area contributed by atoms with Crippen LogP contribution in [0.1, 0.15) is 30.1 Å². The zero-order valence-corrected chi connectivity index (χ0v) is 10.4. The first-order valence-corrected chi connectivity index (χ1v) is 5.93. The standard InChI is InChI=1S/C13H18N2O3/c1-2-3-8-15-11-7-5-4-6-10(11)13(17)18-9-12(14)16/h4-7,15H,2-3,8-9H2,1H3,(H2,14,16). The van der Waals surface area contributed by atoms with Gasteiger partial charge in [-0.3, -0.25) is 4.79 Å². The summed E-state index contributed by atoms with van der Waals surface area (Å²) >= 11 is 0. The van der Waals surface area contributed by atoms with E-state index in [2.05, 4.69) is 12.2 Å². The Morgan fingerprint density at radius 2 is 2.06 bits per heavy atom. The van der Waals surface area contributed by atoms with Crippen molar-refractivity contribution in [3.63, 3.8) is 0 Å². The summed E-state index contributed by atoms with van der Waals surface area (Å²) in [5, 5.41) is 3.17. The lowest BCUT2D eigenvalue weighted by atomic mass is 10.1. The smallest absolute Gasteiger partial charge is 0.340 e. The van der Waals surface area contributed by atoms with Crippen LogP contribution in [-0.4, -0.2) is 25.0 Å². The van der Waals surface area contributed by atoms with Crippen molar-refractivity contribution in [2.75, 3.05) is 18.5 Å². The predicted molar refractivity (Wildman–Crippen MR) is 69.3 cm³/mol. The summed E-state index contributed by atoms with van der Waals surface area (Å²) in [7, 11) is 0. The van der Waals surface area contributed by atoms with Crippen LogP contribution in [-0.2, 0) is 9.53 Å². The molecule has 0 saturated heterocycles. The molecule has 0 bridgehead atoms. The third-order valence-corrected chi connectivity index (χ3v) is 2.34. The molecule has 0 aliphatic heterocycles. The largest absolute Gasteiger partial charge is 0.452 e. The van der Waals surface area contributed by atoms with Gasteiger partial charge in [-0.05, 0) is 18.6 Å². The Labute approximate surface area is 106 Å². The van der Waals surface area contributed by atoms with Crippen molar-refractivity contribution < 1.29 is 14.3 Å². The van der Waals surface area contributed by atoms with Gasteiger partial charge in [-0.1, -0.05) is 25.5 Å². The van der Waals surface area contributed by atoms with Crippen LogP contribution in [0.2, 0.25) is 0 Å². The first-order chi connectivity index (χ1) is 8.65. The molecule has 1 aromatic carbocycles. The summed E-state index contributed by atoms with van der Waals surface area (Å²) in [5.74, 6) is -1.21. The van der Waals surface area contributed by atoms with E-state index >= 15 is 0 Å². The molecule has 0 unspecified atom stereocenters. The van der Waals surface area contributed by atoms with Crippen LogP contribution in [0, 0.1) is 0 Å². The molecule has 98 valence electrons. The Hall–Kier alpha value is -2.04. The molecule has 0 heterocycles. The quantitative estimate of drug-likeness (QED) is 0.568. The van der Waals surface area contributed by atoms with Crippen molar-refractivity contribution in [1.29, 1.82) is 0 Å². The summed E-state index contributed by atoms with van der Waals surface area (Å²) in [6.45, 7) is 2.48. The second-order valence-electron chi connectivity index (χ2n) is 3.87. The number of carbonyl (C=O) groups excluding carboxylic acids is 2. The molecule has 0 fully saturated rings. The lowest BCUT2D eigenvalue weighted by molar-refractivity contribution is -0.121. The number of anilines is 1. The van der Waals surface area contributed by atoms with Crippen LogP contribution in [0.4, 0.5) is 5.69 Å². The van der Waals surface area contributed by atoms with Crippen LogP contribution >= 0.6 is 0 Å². The van der Waals surface area contributed by atoms with E-state index in [9.17, 15) is 9.59 Å². The molecule has 0 saturated carbocycles. The molecule has 18 heavy (non-hydrogen) atoms. The van der Waals surface area contributed by atoms with Crippen LogP contribution < -0.4 is 11.1 Å². The number of unbranched alkanes of at least 4 members (excludes halogenated alkanes) is 1. The number of rotatable bonds is 7. The molecule has 0 atom stereocenters. The molecular weight excluding hydrogens is 232 g/mol. The number of ether oxygens (including phenoxy) is 1. The Kier molecular flexibility index (Phi) is 5.70. The number of carbonyl (C=O) groups is 2. The SMILES string of the molecule is CCCCNc1ccccc1C(=O)OCC(N)=O. The summed E-state index contributed by atoms with van der Waals surface area (Å²) in [5.41, 5.74) is 6.04. The number of nitrogens with one attached hydrogen (secondary N) is 1. The van der Waals surface area contributed by atoms with Crippen molar-refractivity contribution in [2.24, 2.45) is 5.73 Å². The Bertz CT molecular complexity index is 418. The summed E-state index contributed by atoms with van der Waals surface area (Å²) in [6, 6.07) is 7.03. The zero-order valence-electron chi connectivity index (χ0n) is 10.4. The maximum atomic E-state index is 11.7. The monoisotopic (exact) mass is 250 g/mol. The molecule has 0 aliphatic rings. The Morgan fingerprint density at radius 3 is 2.72 bits per heavy atom. The van der Waals surface area contributed by atoms with E-state index in [1.807, 2.05) is 6.07 Å². The van der Waals surface area contributed by atoms with Crippen molar-refractivity contribution >= 4 is 17.6 Å². The van der Waals surface area contributed by atoms with E-state index in [0.717, 1.165) is 19.4 Å². The maximum absolute atomic E-state index is 11.7. The van der Waals surface area contributed by atoms with E-state index in [4.69, 9.17) is 10.5 Å². The molecular formula is C13H18N2O3. The van der Waals surface area contributed by atoms with Crippen LogP contribution in [0.15, 0.2) is 24.3 Å². The molecule has 5 nitrogen and oxygen atoms in total. The molecule has 1 rings (SSSR count). The van der Waals surface area contributed by atoms with Gasteiger partial charge in [-0.25, -0.2) is 4.79 Å². The number of nitrogens with two attached hydrogens (primary N) is 1. The molecule has 0 aliphatic carbocycles. The molecule has 0 radical (unpaired) electrons. The molecule has 5 heteroatoms. The second-order valence-corrected chi connectivity index (χ2v) is 3.87. The minimum atomic E-state index is -0.667. The second kappa shape index (κ2) is 7.32. The third-order valence-electron chi connectivity index (χ3n) is 2.34. The van der Waals surface area contributed by atoms with E-state index in [0.29, 0.717) is 11.3 Å². The number of para-hydroxylation sites is 1. The molecule has 3 N–H and O–H groups in total. The van der Waals surface area contributed by atoms with Crippen molar-refractivity contribution in [3.8, 4) is 0 Å². The van der Waals surface area contributed by atoms with Gasteiger partial charge in [0.1, 0.15) is 0 Å². The van der Waals surface area contributed by atoms with Gasteiger partial charge in [-0.2, -0.15) is 0 Å². The third kappa shape index (κ3) is 4.45. The van der Waals surface area contributed by atoms with E-state index < -0.39 is 18.5 Å². The van der Waals surface area contributed by atoms with Crippen LogP contribution in [0.25, 0.3) is 0 Å². The van der Waals surface area contributed by atoms with Gasteiger partial charge in [0.2, 0.25) is 0 Å². The minimum Gasteiger partial charge on any atom is -0.452 e. The van der Waals surface area contributed by atoms with Crippen LogP contribution in [0.5, 0.6) is 0 Å². The number of benzene rings is 1. The van der Waals surface area contributed by atoms with E-state index in [1.165, 1.54) is 0 Å². The van der Waals surface area contributed by atoms with E-state index in [-0.39, 0.29) is 0 Å². The summed E-state index contributed by atoms with van der Waals surface area (Å²) < 4.78 is 4.78. The van der Waals surface area contributed by atoms with Gasteiger partial charge in [0.15, 0.2) is 6.61 Å². The molecule has 0 spiro atoms. The highest BCUT2D eigenvalue weighted by Crippen LogP contribution is 2.16. The number of amides is 1. The summed E-state index contributed by atoms with van der Waals surface area (Å²) in [6.07, 6.45) is 2.09. The normalized spacial score (nSPS) is 9.83. The average molecular weight is 250 g/mol. The number of hydrogen-bond acceptors (Lipinski definition) is 4. The van der Waals surface area contributed by atoms with Crippen molar-refractivity contribution in [1.82, 2.24) is 0 Å². The van der Waals surface area contributed by atoms with Gasteiger partial charge in [0.05, 0.1) is 5.56 Å². The molecule has 1 amide bonds. The Balaban J connectivity index is 2.68. The topological polar surface area (TPSA) is 81.4 Å². The highest BCUT2D eigenvalue weighted by Gasteiger charge is 2.12. The van der Waals surface area contributed by atoms with Gasteiger partial charge < -0.3 is 15.8 Å².